The number of anilines is 2. The fourth-order valence-corrected chi connectivity index (χ4v) is 1.97. The molecule has 1 aliphatic heterocycles. The van der Waals surface area contributed by atoms with Crippen LogP contribution in [0.4, 0.5) is 20.2 Å². The van der Waals surface area contributed by atoms with Gasteiger partial charge in [0.05, 0.1) is 12.1 Å². The van der Waals surface area contributed by atoms with Crippen LogP contribution in [0.2, 0.25) is 0 Å². The van der Waals surface area contributed by atoms with Gasteiger partial charge in [0, 0.05) is 23.5 Å². The quantitative estimate of drug-likeness (QED) is 0.801. The fourth-order valence-electron chi connectivity index (χ4n) is 1.97. The van der Waals surface area contributed by atoms with E-state index in [1.54, 1.807) is 12.1 Å². The van der Waals surface area contributed by atoms with Crippen LogP contribution in [0, 0.1) is 0 Å². The summed E-state index contributed by atoms with van der Waals surface area (Å²) in [6.45, 7) is 3.15. The first-order valence-electron chi connectivity index (χ1n) is 5.54. The van der Waals surface area contributed by atoms with Crippen LogP contribution in [0.5, 0.6) is 0 Å². The van der Waals surface area contributed by atoms with Gasteiger partial charge in [0.2, 0.25) is 0 Å². The molecule has 0 amide bonds. The highest BCUT2D eigenvalue weighted by Crippen LogP contribution is 2.32. The van der Waals surface area contributed by atoms with E-state index in [1.165, 1.54) is 6.07 Å². The molecule has 1 saturated heterocycles. The molecule has 1 unspecified atom stereocenters. The molecule has 3 nitrogen and oxygen atoms in total. The van der Waals surface area contributed by atoms with E-state index in [-0.39, 0.29) is 11.1 Å². The van der Waals surface area contributed by atoms with Gasteiger partial charge in [-0.1, -0.05) is 0 Å². The highest BCUT2D eigenvalue weighted by molar-refractivity contribution is 5.59. The van der Waals surface area contributed by atoms with Crippen molar-refractivity contribution in [3.05, 3.63) is 23.8 Å². The topological polar surface area (TPSA) is 47.3 Å². The molecule has 0 saturated carbocycles. The number of benzene rings is 1. The van der Waals surface area contributed by atoms with Crippen LogP contribution in [0.3, 0.4) is 0 Å². The Bertz CT molecular complexity index is 403. The Morgan fingerprint density at radius 2 is 2.24 bits per heavy atom. The van der Waals surface area contributed by atoms with E-state index in [9.17, 15) is 8.78 Å². The lowest BCUT2D eigenvalue weighted by Crippen LogP contribution is -2.35. The minimum Gasteiger partial charge on any atom is -0.399 e. The lowest BCUT2D eigenvalue weighted by Gasteiger charge is -2.26. The van der Waals surface area contributed by atoms with Crippen LogP contribution in [0.25, 0.3) is 0 Å². The Hall–Kier alpha value is -1.36. The number of alkyl halides is 2. The average molecular weight is 242 g/mol. The average Bonchev–Trinajstić information content (AvgIpc) is 2.67. The predicted octanol–water partition coefficient (Wildman–Crippen LogP) is 2.80. The largest absolute Gasteiger partial charge is 0.399 e. The Morgan fingerprint density at radius 1 is 1.47 bits per heavy atom. The van der Waals surface area contributed by atoms with Gasteiger partial charge in [0.1, 0.15) is 0 Å². The third-order valence-corrected chi connectivity index (χ3v) is 2.97. The van der Waals surface area contributed by atoms with E-state index in [0.717, 1.165) is 6.42 Å². The van der Waals surface area contributed by atoms with Gasteiger partial charge in [-0.2, -0.15) is 0 Å². The molecule has 0 aromatic heterocycles. The second-order valence-corrected chi connectivity index (χ2v) is 4.64. The Labute approximate surface area is 98.9 Å². The number of hydrogen-bond acceptors (Lipinski definition) is 3. The maximum absolute atomic E-state index is 12.9. The zero-order valence-electron chi connectivity index (χ0n) is 9.67. The van der Waals surface area contributed by atoms with Crippen molar-refractivity contribution in [2.75, 3.05) is 24.3 Å². The van der Waals surface area contributed by atoms with Crippen molar-refractivity contribution in [3.63, 3.8) is 0 Å². The third kappa shape index (κ3) is 2.66. The molecule has 2 rings (SSSR count). The van der Waals surface area contributed by atoms with Gasteiger partial charge in [-0.25, -0.2) is 8.78 Å². The maximum atomic E-state index is 12.9. The van der Waals surface area contributed by atoms with Gasteiger partial charge in [-0.3, -0.25) is 0 Å². The van der Waals surface area contributed by atoms with Crippen LogP contribution < -0.4 is 11.1 Å². The number of nitrogens with one attached hydrogen (secondary N) is 1. The summed E-state index contributed by atoms with van der Waals surface area (Å²) in [5, 5.41) is 3.13. The minimum absolute atomic E-state index is 0.0573. The van der Waals surface area contributed by atoms with Crippen LogP contribution in [-0.2, 0) is 4.74 Å². The smallest absolute Gasteiger partial charge is 0.265 e. The molecule has 94 valence electrons. The first-order chi connectivity index (χ1) is 8.00. The Balaban J connectivity index is 2.25. The summed E-state index contributed by atoms with van der Waals surface area (Å²) in [7, 11) is 0. The molecular formula is C12H16F2N2O. The summed E-state index contributed by atoms with van der Waals surface area (Å²) >= 11 is 0. The van der Waals surface area contributed by atoms with Crippen molar-refractivity contribution in [2.45, 2.75) is 25.3 Å². The summed E-state index contributed by atoms with van der Waals surface area (Å²) in [6, 6.07) is 4.53. The van der Waals surface area contributed by atoms with Crippen molar-refractivity contribution in [1.82, 2.24) is 0 Å². The molecule has 5 heteroatoms. The van der Waals surface area contributed by atoms with Gasteiger partial charge in [0.15, 0.2) is 0 Å². The summed E-state index contributed by atoms with van der Waals surface area (Å²) in [5.74, 6) is 0. The van der Waals surface area contributed by atoms with E-state index in [0.29, 0.717) is 24.6 Å². The molecule has 1 atom stereocenters. The monoisotopic (exact) mass is 242 g/mol. The predicted molar refractivity (Wildman–Crippen MR) is 63.3 cm³/mol. The molecule has 0 spiro atoms. The van der Waals surface area contributed by atoms with Crippen LogP contribution in [0.1, 0.15) is 25.3 Å². The van der Waals surface area contributed by atoms with Gasteiger partial charge >= 0.3 is 0 Å². The number of hydrogen-bond donors (Lipinski definition) is 2. The third-order valence-electron chi connectivity index (χ3n) is 2.97. The number of rotatable bonds is 3. The summed E-state index contributed by atoms with van der Waals surface area (Å²) in [5.41, 5.74) is 5.96. The van der Waals surface area contributed by atoms with E-state index in [2.05, 4.69) is 5.32 Å². The van der Waals surface area contributed by atoms with E-state index in [4.69, 9.17) is 10.5 Å². The standard InChI is InChI=1S/C12H16F2N2O/c1-12(4-5-17-7-12)16-10-3-2-8(15)6-9(10)11(13)14/h2-3,6,11,16H,4-5,7,15H2,1H3. The molecule has 3 N–H and O–H groups in total. The van der Waals surface area contributed by atoms with Crippen molar-refractivity contribution >= 4 is 11.4 Å². The molecule has 1 fully saturated rings. The SMILES string of the molecule is CC1(Nc2ccc(N)cc2C(F)F)CCOC1. The normalized spacial score (nSPS) is 24.2. The first kappa shape index (κ1) is 12.1. The minimum atomic E-state index is -2.54. The van der Waals surface area contributed by atoms with Crippen LogP contribution >= 0.6 is 0 Å². The fraction of sp³-hybridized carbons (Fsp3) is 0.500. The molecule has 1 aromatic carbocycles. The maximum Gasteiger partial charge on any atom is 0.265 e. The van der Waals surface area contributed by atoms with Gasteiger partial charge in [-0.15, -0.1) is 0 Å². The molecule has 1 aliphatic rings. The van der Waals surface area contributed by atoms with Crippen molar-refractivity contribution in [3.8, 4) is 0 Å². The first-order valence-corrected chi connectivity index (χ1v) is 5.54. The summed E-state index contributed by atoms with van der Waals surface area (Å²) < 4.78 is 31.0. The molecule has 0 radical (unpaired) electrons. The molecule has 17 heavy (non-hydrogen) atoms. The van der Waals surface area contributed by atoms with Gasteiger partial charge < -0.3 is 15.8 Å². The van der Waals surface area contributed by atoms with Crippen LogP contribution in [0.15, 0.2) is 18.2 Å². The Kier molecular flexibility index (Phi) is 3.19. The number of halogens is 2. The molecule has 1 aromatic rings. The lowest BCUT2D eigenvalue weighted by molar-refractivity contribution is 0.152. The molecule has 1 heterocycles. The van der Waals surface area contributed by atoms with E-state index >= 15 is 0 Å². The number of ether oxygens (including phenoxy) is 1. The highest BCUT2D eigenvalue weighted by Gasteiger charge is 2.30. The van der Waals surface area contributed by atoms with Crippen molar-refractivity contribution in [1.29, 1.82) is 0 Å². The number of nitrogen functional groups attached to an aromatic ring is 1. The summed E-state index contributed by atoms with van der Waals surface area (Å²) in [4.78, 5) is 0. The number of nitrogens with two attached hydrogens (primary N) is 1. The highest BCUT2D eigenvalue weighted by atomic mass is 19.3. The molecule has 0 aliphatic carbocycles. The van der Waals surface area contributed by atoms with Crippen molar-refractivity contribution in [2.24, 2.45) is 0 Å². The van der Waals surface area contributed by atoms with Crippen LogP contribution in [-0.4, -0.2) is 18.8 Å². The van der Waals surface area contributed by atoms with Gasteiger partial charge in [-0.05, 0) is 31.5 Å². The lowest BCUT2D eigenvalue weighted by atomic mass is 10.00. The van der Waals surface area contributed by atoms with E-state index < -0.39 is 6.43 Å². The zero-order chi connectivity index (χ0) is 12.5. The summed E-state index contributed by atoms with van der Waals surface area (Å²) in [6.07, 6.45) is -1.73. The Morgan fingerprint density at radius 3 is 2.82 bits per heavy atom. The molecular weight excluding hydrogens is 226 g/mol. The van der Waals surface area contributed by atoms with Gasteiger partial charge in [0.25, 0.3) is 6.43 Å². The van der Waals surface area contributed by atoms with Crippen molar-refractivity contribution < 1.29 is 13.5 Å². The second-order valence-electron chi connectivity index (χ2n) is 4.64. The zero-order valence-corrected chi connectivity index (χ0v) is 9.67. The molecule has 0 bridgehead atoms. The van der Waals surface area contributed by atoms with E-state index in [1.807, 2.05) is 6.92 Å². The second kappa shape index (κ2) is 4.49.